The number of aromatic nitrogens is 2. The number of aliphatic carboxylic acids is 1. The molecule has 0 aliphatic heterocycles. The van der Waals surface area contributed by atoms with Crippen LogP contribution in [0.1, 0.15) is 13.8 Å². The first-order valence-electron chi connectivity index (χ1n) is 5.58. The summed E-state index contributed by atoms with van der Waals surface area (Å²) in [5, 5.41) is 11.4. The first kappa shape index (κ1) is 13.9. The summed E-state index contributed by atoms with van der Waals surface area (Å²) < 4.78 is 0. The van der Waals surface area contributed by atoms with Crippen LogP contribution in [-0.2, 0) is 4.79 Å². The molecule has 7 nitrogen and oxygen atoms in total. The quantitative estimate of drug-likeness (QED) is 0.816. The van der Waals surface area contributed by atoms with Crippen LogP contribution in [0.5, 0.6) is 0 Å². The molecular weight excluding hydrogens is 236 g/mol. The molecule has 0 radical (unpaired) electrons. The standard InChI is InChI=1S/C11H16N4O3/c1-3-15(6-8(2)10(16)17)11(18)14-9-4-12-7-13-5-9/h4-5,7-8H,3,6H2,1-2H3,(H,14,18)(H,16,17). The fraction of sp³-hybridized carbons (Fsp3) is 0.455. The third-order valence-electron chi connectivity index (χ3n) is 2.40. The topological polar surface area (TPSA) is 95.4 Å². The van der Waals surface area contributed by atoms with Crippen LogP contribution in [0.3, 0.4) is 0 Å². The van der Waals surface area contributed by atoms with Crippen molar-refractivity contribution < 1.29 is 14.7 Å². The number of carbonyl (C=O) groups excluding carboxylic acids is 1. The Morgan fingerprint density at radius 1 is 1.44 bits per heavy atom. The van der Waals surface area contributed by atoms with Gasteiger partial charge in [0.05, 0.1) is 24.0 Å². The van der Waals surface area contributed by atoms with Crippen LogP contribution >= 0.6 is 0 Å². The lowest BCUT2D eigenvalue weighted by molar-refractivity contribution is -0.141. The van der Waals surface area contributed by atoms with Crippen molar-refractivity contribution >= 4 is 17.7 Å². The van der Waals surface area contributed by atoms with E-state index >= 15 is 0 Å². The minimum atomic E-state index is -0.927. The fourth-order valence-corrected chi connectivity index (χ4v) is 1.33. The summed E-state index contributed by atoms with van der Waals surface area (Å²) in [7, 11) is 0. The predicted octanol–water partition coefficient (Wildman–Crippen LogP) is 1.05. The molecule has 1 rings (SSSR count). The number of carboxylic acid groups (broad SMARTS) is 1. The Hall–Kier alpha value is -2.18. The Labute approximate surface area is 105 Å². The van der Waals surface area contributed by atoms with Gasteiger partial charge in [-0.1, -0.05) is 6.92 Å². The number of anilines is 1. The van der Waals surface area contributed by atoms with Crippen LogP contribution in [0.4, 0.5) is 10.5 Å². The summed E-state index contributed by atoms with van der Waals surface area (Å²) >= 11 is 0. The number of nitrogens with zero attached hydrogens (tertiary/aromatic N) is 3. The summed E-state index contributed by atoms with van der Waals surface area (Å²) in [5.41, 5.74) is 0.476. The number of nitrogens with one attached hydrogen (secondary N) is 1. The van der Waals surface area contributed by atoms with E-state index in [9.17, 15) is 9.59 Å². The molecule has 0 fully saturated rings. The van der Waals surface area contributed by atoms with E-state index in [4.69, 9.17) is 5.11 Å². The highest BCUT2D eigenvalue weighted by molar-refractivity contribution is 5.89. The zero-order valence-electron chi connectivity index (χ0n) is 10.3. The number of hydrogen-bond donors (Lipinski definition) is 2. The van der Waals surface area contributed by atoms with Crippen molar-refractivity contribution in [3.8, 4) is 0 Å². The third-order valence-corrected chi connectivity index (χ3v) is 2.40. The number of carboxylic acids is 1. The van der Waals surface area contributed by atoms with Crippen LogP contribution in [0.15, 0.2) is 18.7 Å². The summed E-state index contributed by atoms with van der Waals surface area (Å²) in [6.45, 7) is 3.93. The first-order valence-corrected chi connectivity index (χ1v) is 5.58. The number of carbonyl (C=O) groups is 2. The highest BCUT2D eigenvalue weighted by atomic mass is 16.4. The summed E-state index contributed by atoms with van der Waals surface area (Å²) in [4.78, 5) is 31.6. The van der Waals surface area contributed by atoms with Gasteiger partial charge in [-0.3, -0.25) is 4.79 Å². The van der Waals surface area contributed by atoms with Crippen molar-refractivity contribution in [1.29, 1.82) is 0 Å². The molecule has 2 N–H and O–H groups in total. The maximum absolute atomic E-state index is 11.9. The van der Waals surface area contributed by atoms with E-state index in [0.717, 1.165) is 0 Å². The van der Waals surface area contributed by atoms with Crippen LogP contribution in [0.2, 0.25) is 0 Å². The molecule has 7 heteroatoms. The van der Waals surface area contributed by atoms with Gasteiger partial charge in [0, 0.05) is 13.1 Å². The summed E-state index contributed by atoms with van der Waals surface area (Å²) in [6, 6.07) is -0.361. The van der Waals surface area contributed by atoms with Gasteiger partial charge in [-0.25, -0.2) is 14.8 Å². The van der Waals surface area contributed by atoms with Gasteiger partial charge < -0.3 is 15.3 Å². The molecule has 1 unspecified atom stereocenters. The molecule has 1 aromatic heterocycles. The number of urea groups is 1. The van der Waals surface area contributed by atoms with E-state index in [1.807, 2.05) is 0 Å². The zero-order valence-corrected chi connectivity index (χ0v) is 10.3. The Morgan fingerprint density at radius 3 is 2.56 bits per heavy atom. The third kappa shape index (κ3) is 4.00. The molecule has 1 aromatic rings. The van der Waals surface area contributed by atoms with Gasteiger partial charge in [0.1, 0.15) is 6.33 Å². The number of hydrogen-bond acceptors (Lipinski definition) is 4. The van der Waals surface area contributed by atoms with E-state index < -0.39 is 11.9 Å². The zero-order chi connectivity index (χ0) is 13.5. The van der Waals surface area contributed by atoms with Crippen LogP contribution in [0.25, 0.3) is 0 Å². The molecule has 0 saturated heterocycles. The van der Waals surface area contributed by atoms with E-state index in [2.05, 4.69) is 15.3 Å². The molecule has 0 aliphatic rings. The van der Waals surface area contributed by atoms with E-state index in [0.29, 0.717) is 12.2 Å². The highest BCUT2D eigenvalue weighted by Gasteiger charge is 2.19. The van der Waals surface area contributed by atoms with E-state index in [-0.39, 0.29) is 12.6 Å². The molecule has 1 atom stereocenters. The van der Waals surface area contributed by atoms with E-state index in [1.165, 1.54) is 23.6 Å². The SMILES string of the molecule is CCN(CC(C)C(=O)O)C(=O)Nc1cncnc1. The molecular formula is C11H16N4O3. The molecule has 1 heterocycles. The minimum Gasteiger partial charge on any atom is -0.481 e. The van der Waals surface area contributed by atoms with Crippen molar-refractivity contribution in [3.63, 3.8) is 0 Å². The van der Waals surface area contributed by atoms with Crippen LogP contribution in [-0.4, -0.2) is 45.1 Å². The average Bonchev–Trinajstić information content (AvgIpc) is 2.36. The molecule has 0 bridgehead atoms. The number of amides is 2. The van der Waals surface area contributed by atoms with Crippen molar-refractivity contribution in [2.24, 2.45) is 5.92 Å². The second-order valence-corrected chi connectivity index (χ2v) is 3.84. The van der Waals surface area contributed by atoms with Crippen LogP contribution in [0, 0.1) is 5.92 Å². The first-order chi connectivity index (χ1) is 8.54. The van der Waals surface area contributed by atoms with Crippen molar-refractivity contribution in [2.45, 2.75) is 13.8 Å². The van der Waals surface area contributed by atoms with Crippen molar-refractivity contribution in [1.82, 2.24) is 14.9 Å². The summed E-state index contributed by atoms with van der Waals surface area (Å²) in [5.74, 6) is -1.54. The minimum absolute atomic E-state index is 0.158. The number of rotatable bonds is 5. The largest absolute Gasteiger partial charge is 0.481 e. The smallest absolute Gasteiger partial charge is 0.321 e. The monoisotopic (exact) mass is 252 g/mol. The average molecular weight is 252 g/mol. The molecule has 0 spiro atoms. The molecule has 0 aliphatic carbocycles. The lowest BCUT2D eigenvalue weighted by atomic mass is 10.2. The molecule has 98 valence electrons. The Kier molecular flexibility index (Phi) is 5.04. The maximum atomic E-state index is 11.9. The lowest BCUT2D eigenvalue weighted by Gasteiger charge is -2.23. The Morgan fingerprint density at radius 2 is 2.06 bits per heavy atom. The second kappa shape index (κ2) is 6.53. The van der Waals surface area contributed by atoms with Gasteiger partial charge in [-0.2, -0.15) is 0 Å². The van der Waals surface area contributed by atoms with Gasteiger partial charge in [-0.05, 0) is 6.92 Å². The fourth-order valence-electron chi connectivity index (χ4n) is 1.33. The molecule has 18 heavy (non-hydrogen) atoms. The van der Waals surface area contributed by atoms with Crippen LogP contribution < -0.4 is 5.32 Å². The van der Waals surface area contributed by atoms with Gasteiger partial charge in [0.25, 0.3) is 0 Å². The normalized spacial score (nSPS) is 11.7. The predicted molar refractivity (Wildman–Crippen MR) is 65.1 cm³/mol. The van der Waals surface area contributed by atoms with Gasteiger partial charge in [0.2, 0.25) is 0 Å². The van der Waals surface area contributed by atoms with Gasteiger partial charge in [-0.15, -0.1) is 0 Å². The molecule has 0 aromatic carbocycles. The van der Waals surface area contributed by atoms with Crippen molar-refractivity contribution in [3.05, 3.63) is 18.7 Å². The van der Waals surface area contributed by atoms with E-state index in [1.54, 1.807) is 13.8 Å². The highest BCUT2D eigenvalue weighted by Crippen LogP contribution is 2.05. The molecule has 0 saturated carbocycles. The molecule has 2 amide bonds. The second-order valence-electron chi connectivity index (χ2n) is 3.84. The van der Waals surface area contributed by atoms with Gasteiger partial charge in [0.15, 0.2) is 0 Å². The van der Waals surface area contributed by atoms with Crippen molar-refractivity contribution in [2.75, 3.05) is 18.4 Å². The van der Waals surface area contributed by atoms with Gasteiger partial charge >= 0.3 is 12.0 Å². The Bertz CT molecular complexity index is 410. The lowest BCUT2D eigenvalue weighted by Crippen LogP contribution is -2.39. The Balaban J connectivity index is 2.60. The summed E-state index contributed by atoms with van der Waals surface area (Å²) in [6.07, 6.45) is 4.30. The maximum Gasteiger partial charge on any atom is 0.321 e.